The molecule has 118 valence electrons. The van der Waals surface area contributed by atoms with Gasteiger partial charge in [-0.15, -0.1) is 0 Å². The van der Waals surface area contributed by atoms with E-state index in [2.05, 4.69) is 4.72 Å². The summed E-state index contributed by atoms with van der Waals surface area (Å²) in [5.41, 5.74) is 3.37. The molecule has 2 aromatic rings. The highest BCUT2D eigenvalue weighted by Gasteiger charge is 2.17. The fourth-order valence-corrected chi connectivity index (χ4v) is 3.42. The van der Waals surface area contributed by atoms with E-state index in [-0.39, 0.29) is 4.90 Å². The van der Waals surface area contributed by atoms with Crippen LogP contribution < -0.4 is 9.46 Å². The van der Waals surface area contributed by atoms with Gasteiger partial charge < -0.3 is 4.74 Å². The van der Waals surface area contributed by atoms with E-state index < -0.39 is 10.0 Å². The van der Waals surface area contributed by atoms with Crippen molar-refractivity contribution in [2.24, 2.45) is 0 Å². The number of aryl methyl sites for hydroxylation is 3. The molecule has 0 aromatic heterocycles. The first kappa shape index (κ1) is 16.4. The molecule has 0 bridgehead atoms. The Morgan fingerprint density at radius 1 is 1.09 bits per heavy atom. The maximum atomic E-state index is 12.6. The van der Waals surface area contributed by atoms with Crippen molar-refractivity contribution >= 4 is 15.7 Å². The van der Waals surface area contributed by atoms with Crippen LogP contribution >= 0.6 is 0 Å². The standard InChI is InChI=1S/C17H21NO3S/c1-5-14-11-15(8-9-17(14)21-4)22(19,20)18-16-10-12(2)6-7-13(16)3/h6-11,18H,5H2,1-4H3. The maximum Gasteiger partial charge on any atom is 0.261 e. The molecule has 0 saturated carbocycles. The average Bonchev–Trinajstić information content (AvgIpc) is 2.49. The minimum absolute atomic E-state index is 0.242. The van der Waals surface area contributed by atoms with Gasteiger partial charge in [0.1, 0.15) is 5.75 Å². The SMILES string of the molecule is CCc1cc(S(=O)(=O)Nc2cc(C)ccc2C)ccc1OC. The number of nitrogens with one attached hydrogen (secondary N) is 1. The first-order valence-corrected chi connectivity index (χ1v) is 8.62. The number of sulfonamides is 1. The van der Waals surface area contributed by atoms with Gasteiger partial charge in [-0.25, -0.2) is 8.42 Å². The molecule has 0 aliphatic rings. The van der Waals surface area contributed by atoms with Crippen molar-refractivity contribution in [3.8, 4) is 5.75 Å². The highest BCUT2D eigenvalue weighted by atomic mass is 32.2. The fourth-order valence-electron chi connectivity index (χ4n) is 2.25. The van der Waals surface area contributed by atoms with Crippen LogP contribution in [-0.4, -0.2) is 15.5 Å². The summed E-state index contributed by atoms with van der Waals surface area (Å²) in [6.45, 7) is 5.77. The number of ether oxygens (including phenoxy) is 1. The predicted octanol–water partition coefficient (Wildman–Crippen LogP) is 3.68. The van der Waals surface area contributed by atoms with Crippen molar-refractivity contribution in [3.05, 3.63) is 53.1 Å². The topological polar surface area (TPSA) is 55.4 Å². The van der Waals surface area contributed by atoms with E-state index in [1.54, 1.807) is 25.3 Å². The molecule has 0 heterocycles. The quantitative estimate of drug-likeness (QED) is 0.914. The van der Waals surface area contributed by atoms with Crippen LogP contribution in [0.5, 0.6) is 5.75 Å². The summed E-state index contributed by atoms with van der Waals surface area (Å²) >= 11 is 0. The molecule has 5 heteroatoms. The zero-order valence-corrected chi connectivity index (χ0v) is 14.1. The van der Waals surface area contributed by atoms with Gasteiger partial charge in [-0.2, -0.15) is 0 Å². The lowest BCUT2D eigenvalue weighted by molar-refractivity contribution is 0.409. The molecule has 0 radical (unpaired) electrons. The van der Waals surface area contributed by atoms with Crippen LogP contribution in [0.4, 0.5) is 5.69 Å². The normalized spacial score (nSPS) is 11.3. The van der Waals surface area contributed by atoms with E-state index in [1.165, 1.54) is 0 Å². The Morgan fingerprint density at radius 3 is 2.45 bits per heavy atom. The van der Waals surface area contributed by atoms with Crippen LogP contribution in [-0.2, 0) is 16.4 Å². The molecule has 0 aliphatic heterocycles. The summed E-state index contributed by atoms with van der Waals surface area (Å²) in [6, 6.07) is 10.6. The van der Waals surface area contributed by atoms with E-state index in [4.69, 9.17) is 4.74 Å². The fraction of sp³-hybridized carbons (Fsp3) is 0.294. The third-order valence-electron chi connectivity index (χ3n) is 3.58. The van der Waals surface area contributed by atoms with Crippen LogP contribution in [0.25, 0.3) is 0 Å². The molecular weight excluding hydrogens is 298 g/mol. The highest BCUT2D eigenvalue weighted by molar-refractivity contribution is 7.92. The summed E-state index contributed by atoms with van der Waals surface area (Å²) in [6.07, 6.45) is 0.704. The van der Waals surface area contributed by atoms with Crippen molar-refractivity contribution in [2.75, 3.05) is 11.8 Å². The maximum absolute atomic E-state index is 12.6. The number of hydrogen-bond acceptors (Lipinski definition) is 3. The van der Waals surface area contributed by atoms with Crippen molar-refractivity contribution < 1.29 is 13.2 Å². The summed E-state index contributed by atoms with van der Waals surface area (Å²) in [5.74, 6) is 0.702. The van der Waals surface area contributed by atoms with Gasteiger partial charge in [-0.1, -0.05) is 19.1 Å². The molecular formula is C17H21NO3S. The van der Waals surface area contributed by atoms with Gasteiger partial charge in [0, 0.05) is 0 Å². The van der Waals surface area contributed by atoms with E-state index in [0.717, 1.165) is 16.7 Å². The van der Waals surface area contributed by atoms with Crippen LogP contribution in [0.2, 0.25) is 0 Å². The van der Waals surface area contributed by atoms with Gasteiger partial charge >= 0.3 is 0 Å². The lowest BCUT2D eigenvalue weighted by atomic mass is 10.1. The third-order valence-corrected chi connectivity index (χ3v) is 4.94. The number of rotatable bonds is 5. The molecule has 0 unspecified atom stereocenters. The zero-order valence-electron chi connectivity index (χ0n) is 13.3. The molecule has 2 aromatic carbocycles. The lowest BCUT2D eigenvalue weighted by Gasteiger charge is -2.13. The van der Waals surface area contributed by atoms with Gasteiger partial charge in [-0.3, -0.25) is 4.72 Å². The van der Waals surface area contributed by atoms with E-state index in [1.807, 2.05) is 39.0 Å². The van der Waals surface area contributed by atoms with E-state index >= 15 is 0 Å². The Bertz CT molecular complexity index is 782. The van der Waals surface area contributed by atoms with Crippen LogP contribution in [0.15, 0.2) is 41.3 Å². The molecule has 22 heavy (non-hydrogen) atoms. The second-order valence-electron chi connectivity index (χ2n) is 5.25. The average molecular weight is 319 g/mol. The molecule has 1 N–H and O–H groups in total. The Kier molecular flexibility index (Phi) is 4.76. The number of hydrogen-bond donors (Lipinski definition) is 1. The molecule has 0 atom stereocenters. The number of methoxy groups -OCH3 is 1. The summed E-state index contributed by atoms with van der Waals surface area (Å²) in [7, 11) is -2.04. The molecule has 0 saturated heterocycles. The van der Waals surface area contributed by atoms with Gasteiger partial charge in [0.2, 0.25) is 0 Å². The van der Waals surface area contributed by atoms with Crippen LogP contribution in [0.3, 0.4) is 0 Å². The summed E-state index contributed by atoms with van der Waals surface area (Å²) in [4.78, 5) is 0.242. The van der Waals surface area contributed by atoms with Crippen molar-refractivity contribution in [1.29, 1.82) is 0 Å². The highest BCUT2D eigenvalue weighted by Crippen LogP contribution is 2.25. The van der Waals surface area contributed by atoms with Gasteiger partial charge in [-0.05, 0) is 61.2 Å². The lowest BCUT2D eigenvalue weighted by Crippen LogP contribution is -2.14. The van der Waals surface area contributed by atoms with Crippen molar-refractivity contribution in [2.45, 2.75) is 32.1 Å². The van der Waals surface area contributed by atoms with Crippen LogP contribution in [0.1, 0.15) is 23.6 Å². The van der Waals surface area contributed by atoms with Crippen LogP contribution in [0, 0.1) is 13.8 Å². The first-order valence-electron chi connectivity index (χ1n) is 7.14. The van der Waals surface area contributed by atoms with Gasteiger partial charge in [0.05, 0.1) is 17.7 Å². The molecule has 0 spiro atoms. The summed E-state index contributed by atoms with van der Waals surface area (Å²) < 4.78 is 33.1. The minimum Gasteiger partial charge on any atom is -0.496 e. The van der Waals surface area contributed by atoms with Gasteiger partial charge in [0.25, 0.3) is 10.0 Å². The predicted molar refractivity (Wildman–Crippen MR) is 89.1 cm³/mol. The van der Waals surface area contributed by atoms with Crippen molar-refractivity contribution in [3.63, 3.8) is 0 Å². The molecule has 0 amide bonds. The molecule has 2 rings (SSSR count). The Hall–Kier alpha value is -2.01. The molecule has 4 nitrogen and oxygen atoms in total. The largest absolute Gasteiger partial charge is 0.496 e. The summed E-state index contributed by atoms with van der Waals surface area (Å²) in [5, 5.41) is 0. The Morgan fingerprint density at radius 2 is 1.82 bits per heavy atom. The third kappa shape index (κ3) is 3.42. The molecule has 0 aliphatic carbocycles. The smallest absolute Gasteiger partial charge is 0.261 e. The monoisotopic (exact) mass is 319 g/mol. The molecule has 0 fully saturated rings. The van der Waals surface area contributed by atoms with E-state index in [0.29, 0.717) is 17.9 Å². The van der Waals surface area contributed by atoms with Gasteiger partial charge in [0.15, 0.2) is 0 Å². The first-order chi connectivity index (χ1) is 10.4. The number of benzene rings is 2. The zero-order chi connectivity index (χ0) is 16.3. The Labute approximate surface area is 132 Å². The number of anilines is 1. The second kappa shape index (κ2) is 6.40. The van der Waals surface area contributed by atoms with E-state index in [9.17, 15) is 8.42 Å². The minimum atomic E-state index is -3.62. The Balaban J connectivity index is 2.40. The second-order valence-corrected chi connectivity index (χ2v) is 6.93. The van der Waals surface area contributed by atoms with Crippen molar-refractivity contribution in [1.82, 2.24) is 0 Å².